The molecule has 0 radical (unpaired) electrons. The molecule has 0 saturated carbocycles. The number of hydrogen-bond acceptors (Lipinski definition) is 4. The number of rotatable bonds is 2. The predicted octanol–water partition coefficient (Wildman–Crippen LogP) is 2.45. The molecule has 1 fully saturated rings. The molecule has 1 aliphatic heterocycles. The minimum atomic E-state index is -0.397. The highest BCUT2D eigenvalue weighted by molar-refractivity contribution is 7.08. The average Bonchev–Trinajstić information content (AvgIpc) is 3.02. The van der Waals surface area contributed by atoms with E-state index in [4.69, 9.17) is 11.6 Å². The van der Waals surface area contributed by atoms with E-state index in [0.29, 0.717) is 23.9 Å². The molecule has 0 bridgehead atoms. The van der Waals surface area contributed by atoms with E-state index in [-0.39, 0.29) is 10.9 Å². The summed E-state index contributed by atoms with van der Waals surface area (Å²) in [6.07, 6.45) is 1.71. The summed E-state index contributed by atoms with van der Waals surface area (Å²) < 4.78 is 2.49. The Morgan fingerprint density at radius 1 is 1.36 bits per heavy atom. The Morgan fingerprint density at radius 2 is 2.05 bits per heavy atom. The lowest BCUT2D eigenvalue weighted by molar-refractivity contribution is 0.0716. The van der Waals surface area contributed by atoms with Crippen molar-refractivity contribution in [1.82, 2.24) is 19.2 Å². The molecule has 1 aliphatic rings. The van der Waals surface area contributed by atoms with Crippen molar-refractivity contribution in [3.05, 3.63) is 37.5 Å². The van der Waals surface area contributed by atoms with Gasteiger partial charge in [0.15, 0.2) is 0 Å². The number of hydrogen-bond donors (Lipinski definition) is 2. The number of piperidine rings is 1. The number of nitrogens with zero attached hydrogens (tertiary/aromatic N) is 2. The van der Waals surface area contributed by atoms with Gasteiger partial charge in [0.1, 0.15) is 15.7 Å². The van der Waals surface area contributed by atoms with Crippen LogP contribution in [0.25, 0.3) is 0 Å². The molecule has 22 heavy (non-hydrogen) atoms. The zero-order chi connectivity index (χ0) is 15.9. The summed E-state index contributed by atoms with van der Waals surface area (Å²) in [4.78, 5) is 33.7. The molecule has 3 rings (SSSR count). The predicted molar refractivity (Wildman–Crippen MR) is 85.9 cm³/mol. The van der Waals surface area contributed by atoms with Crippen molar-refractivity contribution in [2.45, 2.75) is 32.6 Å². The molecular weight excluding hydrogens is 324 g/mol. The van der Waals surface area contributed by atoms with Gasteiger partial charge in [-0.15, -0.1) is 0 Å². The summed E-state index contributed by atoms with van der Waals surface area (Å²) in [5, 5.41) is -0.00518. The lowest BCUT2D eigenvalue weighted by atomic mass is 9.96. The van der Waals surface area contributed by atoms with Crippen LogP contribution in [0.4, 0.5) is 0 Å². The Hall–Kier alpha value is -1.60. The number of halogens is 1. The van der Waals surface area contributed by atoms with Crippen LogP contribution < -0.4 is 5.56 Å². The van der Waals surface area contributed by atoms with E-state index in [2.05, 4.69) is 14.3 Å². The van der Waals surface area contributed by atoms with Gasteiger partial charge in [-0.3, -0.25) is 14.0 Å². The van der Waals surface area contributed by atoms with Gasteiger partial charge in [0, 0.05) is 24.7 Å². The number of nitrogens with one attached hydrogen (secondary N) is 2. The fraction of sp³-hybridized carbons (Fsp3) is 0.500. The first-order valence-corrected chi connectivity index (χ1v) is 8.36. The van der Waals surface area contributed by atoms with Crippen LogP contribution in [-0.2, 0) is 0 Å². The van der Waals surface area contributed by atoms with Crippen molar-refractivity contribution in [2.24, 2.45) is 0 Å². The molecule has 2 aromatic heterocycles. The Kier molecular flexibility index (Phi) is 4.10. The Bertz CT molecular complexity index is 736. The number of H-pyrrole nitrogens is 2. The van der Waals surface area contributed by atoms with Crippen molar-refractivity contribution in [1.29, 1.82) is 0 Å². The van der Waals surface area contributed by atoms with E-state index in [0.717, 1.165) is 41.6 Å². The fourth-order valence-corrected chi connectivity index (χ4v) is 3.69. The third-order valence-corrected chi connectivity index (χ3v) is 5.50. The molecule has 2 N–H and O–H groups in total. The maximum atomic E-state index is 12.4. The standard InChI is InChI=1S/C14H17ClN4O2S/c1-7-8(2)17-12(16-7)9-3-5-19(6-4-9)14(21)11-10(15)13(20)18-22-11/h9H,3-6H2,1-2H3,(H,16,17)(H,18,20). The van der Waals surface area contributed by atoms with E-state index in [1.807, 2.05) is 13.8 Å². The number of aromatic amines is 2. The molecule has 3 heterocycles. The average molecular weight is 341 g/mol. The van der Waals surface area contributed by atoms with Gasteiger partial charge in [0.05, 0.1) is 5.69 Å². The highest BCUT2D eigenvalue weighted by atomic mass is 35.5. The number of aryl methyl sites for hydroxylation is 2. The van der Waals surface area contributed by atoms with Crippen LogP contribution >= 0.6 is 23.1 Å². The van der Waals surface area contributed by atoms with Crippen molar-refractivity contribution in [3.63, 3.8) is 0 Å². The van der Waals surface area contributed by atoms with Gasteiger partial charge in [-0.25, -0.2) is 4.98 Å². The highest BCUT2D eigenvalue weighted by Gasteiger charge is 2.28. The van der Waals surface area contributed by atoms with E-state index in [9.17, 15) is 9.59 Å². The second-order valence-electron chi connectivity index (χ2n) is 5.58. The minimum Gasteiger partial charge on any atom is -0.346 e. The van der Waals surface area contributed by atoms with Crippen LogP contribution in [0.5, 0.6) is 0 Å². The smallest absolute Gasteiger partial charge is 0.277 e. The Morgan fingerprint density at radius 3 is 2.55 bits per heavy atom. The molecule has 6 nitrogen and oxygen atoms in total. The first-order chi connectivity index (χ1) is 10.5. The van der Waals surface area contributed by atoms with Crippen molar-refractivity contribution < 1.29 is 4.79 Å². The lowest BCUT2D eigenvalue weighted by Crippen LogP contribution is -2.38. The topological polar surface area (TPSA) is 81.8 Å². The van der Waals surface area contributed by atoms with Crippen LogP contribution in [0, 0.1) is 13.8 Å². The zero-order valence-electron chi connectivity index (χ0n) is 12.4. The second kappa shape index (κ2) is 5.89. The molecule has 0 aromatic carbocycles. The number of amides is 1. The van der Waals surface area contributed by atoms with E-state index in [1.165, 1.54) is 0 Å². The quantitative estimate of drug-likeness (QED) is 0.881. The van der Waals surface area contributed by atoms with Gasteiger partial charge in [-0.05, 0) is 26.7 Å². The van der Waals surface area contributed by atoms with E-state index in [1.54, 1.807) is 4.90 Å². The van der Waals surface area contributed by atoms with Gasteiger partial charge < -0.3 is 9.88 Å². The van der Waals surface area contributed by atoms with Crippen LogP contribution in [0.2, 0.25) is 5.02 Å². The van der Waals surface area contributed by atoms with Gasteiger partial charge in [0.2, 0.25) is 0 Å². The third kappa shape index (κ3) is 2.70. The van der Waals surface area contributed by atoms with Crippen molar-refractivity contribution >= 4 is 29.0 Å². The molecule has 0 spiro atoms. The van der Waals surface area contributed by atoms with E-state index >= 15 is 0 Å². The molecular formula is C14H17ClN4O2S. The SMILES string of the molecule is Cc1nc(C2CCN(C(=O)c3s[nH]c(=O)c3Cl)CC2)[nH]c1C. The number of aromatic nitrogens is 3. The first-order valence-electron chi connectivity index (χ1n) is 7.16. The maximum absolute atomic E-state index is 12.4. The minimum absolute atomic E-state index is 0.00518. The molecule has 0 aliphatic carbocycles. The maximum Gasteiger partial charge on any atom is 0.277 e. The zero-order valence-corrected chi connectivity index (χ0v) is 14.0. The Labute approximate surface area is 136 Å². The van der Waals surface area contributed by atoms with Gasteiger partial charge in [-0.1, -0.05) is 23.1 Å². The Balaban J connectivity index is 1.68. The lowest BCUT2D eigenvalue weighted by Gasteiger charge is -2.30. The highest BCUT2D eigenvalue weighted by Crippen LogP contribution is 2.28. The molecule has 8 heteroatoms. The molecule has 0 unspecified atom stereocenters. The number of carbonyl (C=O) groups is 1. The van der Waals surface area contributed by atoms with Gasteiger partial charge >= 0.3 is 0 Å². The van der Waals surface area contributed by atoms with E-state index < -0.39 is 5.56 Å². The molecule has 1 amide bonds. The summed E-state index contributed by atoms with van der Waals surface area (Å²) in [5.74, 6) is 1.18. The first kappa shape index (κ1) is 15.3. The third-order valence-electron chi connectivity index (χ3n) is 4.15. The normalized spacial score (nSPS) is 16.2. The summed E-state index contributed by atoms with van der Waals surface area (Å²) in [7, 11) is 0. The fourth-order valence-electron chi connectivity index (χ4n) is 2.70. The number of imidazole rings is 1. The second-order valence-corrected chi connectivity index (χ2v) is 6.77. The van der Waals surface area contributed by atoms with Crippen molar-refractivity contribution in [3.8, 4) is 0 Å². The van der Waals surface area contributed by atoms with Gasteiger partial charge in [-0.2, -0.15) is 0 Å². The molecule has 1 saturated heterocycles. The molecule has 118 valence electrons. The van der Waals surface area contributed by atoms with Crippen LogP contribution in [0.15, 0.2) is 4.79 Å². The summed E-state index contributed by atoms with van der Waals surface area (Å²) >= 11 is 6.87. The van der Waals surface area contributed by atoms with Crippen molar-refractivity contribution in [2.75, 3.05) is 13.1 Å². The molecule has 2 aromatic rings. The summed E-state index contributed by atoms with van der Waals surface area (Å²) in [6.45, 7) is 5.29. The summed E-state index contributed by atoms with van der Waals surface area (Å²) in [6, 6.07) is 0. The van der Waals surface area contributed by atoms with Crippen LogP contribution in [0.1, 0.15) is 45.6 Å². The summed E-state index contributed by atoms with van der Waals surface area (Å²) in [5.41, 5.74) is 1.72. The molecule has 0 atom stereocenters. The van der Waals surface area contributed by atoms with Crippen LogP contribution in [0.3, 0.4) is 0 Å². The monoisotopic (exact) mass is 340 g/mol. The van der Waals surface area contributed by atoms with Crippen LogP contribution in [-0.4, -0.2) is 38.2 Å². The largest absolute Gasteiger partial charge is 0.346 e. The number of carbonyl (C=O) groups excluding carboxylic acids is 1. The van der Waals surface area contributed by atoms with Gasteiger partial charge in [0.25, 0.3) is 11.5 Å². The number of likely N-dealkylation sites (tertiary alicyclic amines) is 1.